The summed E-state index contributed by atoms with van der Waals surface area (Å²) in [5.41, 5.74) is -2.69. The number of rotatable bonds is 6. The Hall–Kier alpha value is -3.97. The average molecular weight is 589 g/mol. The van der Waals surface area contributed by atoms with Crippen LogP contribution in [-0.4, -0.2) is 79.3 Å². The van der Waals surface area contributed by atoms with Crippen LogP contribution < -0.4 is 20.7 Å². The van der Waals surface area contributed by atoms with E-state index in [0.717, 1.165) is 12.3 Å². The second-order valence-electron chi connectivity index (χ2n) is 10.7. The van der Waals surface area contributed by atoms with Crippen molar-refractivity contribution >= 4 is 23.1 Å². The van der Waals surface area contributed by atoms with E-state index in [1.165, 1.54) is 6.20 Å². The van der Waals surface area contributed by atoms with Gasteiger partial charge in [-0.1, -0.05) is 0 Å². The molecule has 0 spiro atoms. The van der Waals surface area contributed by atoms with E-state index < -0.39 is 46.2 Å². The fourth-order valence-corrected chi connectivity index (χ4v) is 5.30. The Bertz CT molecular complexity index is 1520. The quantitative estimate of drug-likeness (QED) is 0.416. The van der Waals surface area contributed by atoms with Crippen molar-refractivity contribution in [3.8, 4) is 11.1 Å². The number of morpholine rings is 1. The van der Waals surface area contributed by atoms with Gasteiger partial charge in [0.15, 0.2) is 5.82 Å². The maximum Gasteiger partial charge on any atom is 0.264 e. The van der Waals surface area contributed by atoms with E-state index in [2.05, 4.69) is 20.2 Å². The summed E-state index contributed by atoms with van der Waals surface area (Å²) in [5.74, 6) is -2.37. The first-order valence-corrected chi connectivity index (χ1v) is 13.7. The SMILES string of the molecule is C[C@@H]1CN(c2ccc(-c3c(F)cc(N4CCN(C)[C@@H](C)C4)c(NC(=O)c4c[nH]c(=O)cc4C(F)F)c3F)cn2)CCO1. The lowest BCUT2D eigenvalue weighted by atomic mass is 10.0. The van der Waals surface area contributed by atoms with Gasteiger partial charge < -0.3 is 29.7 Å². The molecule has 2 fully saturated rings. The third-order valence-corrected chi connectivity index (χ3v) is 7.77. The van der Waals surface area contributed by atoms with Gasteiger partial charge in [0, 0.05) is 74.4 Å². The molecule has 42 heavy (non-hydrogen) atoms. The molecule has 2 aliphatic rings. The molecule has 2 aromatic heterocycles. The predicted octanol–water partition coefficient (Wildman–Crippen LogP) is 4.27. The number of amides is 1. The van der Waals surface area contributed by atoms with E-state index in [1.807, 2.05) is 25.8 Å². The predicted molar refractivity (Wildman–Crippen MR) is 151 cm³/mol. The summed E-state index contributed by atoms with van der Waals surface area (Å²) in [6, 6.07) is 5.01. The first-order valence-electron chi connectivity index (χ1n) is 13.7. The highest BCUT2D eigenvalue weighted by Gasteiger charge is 2.30. The van der Waals surface area contributed by atoms with Gasteiger partial charge in [-0.2, -0.15) is 0 Å². The van der Waals surface area contributed by atoms with E-state index in [1.54, 1.807) is 17.0 Å². The number of benzene rings is 1. The Labute approximate surface area is 240 Å². The Morgan fingerprint density at radius 1 is 1.12 bits per heavy atom. The van der Waals surface area contributed by atoms with Crippen molar-refractivity contribution in [2.45, 2.75) is 32.4 Å². The number of ether oxygens (including phenoxy) is 1. The number of carbonyl (C=O) groups excluding carboxylic acids is 1. The van der Waals surface area contributed by atoms with Gasteiger partial charge in [-0.05, 0) is 33.0 Å². The van der Waals surface area contributed by atoms with Crippen LogP contribution in [-0.2, 0) is 4.74 Å². The molecule has 1 aromatic carbocycles. The second kappa shape index (κ2) is 12.1. The molecule has 2 aliphatic heterocycles. The maximum atomic E-state index is 16.4. The standard InChI is InChI=1S/C29H32F4N6O3/c1-16-14-38(7-6-37(16)3)22-11-21(30)25(18-4-5-23(34-12-18)39-8-9-42-17(2)15-39)26(31)27(22)36-29(41)20-13-35-24(40)10-19(20)28(32)33/h4-5,10-13,16-17,28H,6-9,14-15H2,1-3H3,(H,35,40)(H,36,41)/t16-,17+/m0/s1. The number of alkyl halides is 2. The summed E-state index contributed by atoms with van der Waals surface area (Å²) < 4.78 is 65.0. The van der Waals surface area contributed by atoms with Gasteiger partial charge in [-0.25, -0.2) is 22.5 Å². The van der Waals surface area contributed by atoms with Gasteiger partial charge in [0.25, 0.3) is 12.3 Å². The Morgan fingerprint density at radius 2 is 1.90 bits per heavy atom. The lowest BCUT2D eigenvalue weighted by molar-refractivity contribution is 0.0529. The largest absolute Gasteiger partial charge is 0.375 e. The average Bonchev–Trinajstić information content (AvgIpc) is 2.96. The zero-order chi connectivity index (χ0) is 30.1. The molecule has 0 saturated carbocycles. The number of hydrogen-bond acceptors (Lipinski definition) is 7. The molecule has 2 N–H and O–H groups in total. The van der Waals surface area contributed by atoms with Crippen molar-refractivity contribution in [3.63, 3.8) is 0 Å². The molecule has 2 atom stereocenters. The van der Waals surface area contributed by atoms with Crippen LogP contribution in [0.4, 0.5) is 34.8 Å². The number of carbonyl (C=O) groups is 1. The number of aromatic nitrogens is 2. The number of nitrogens with zero attached hydrogens (tertiary/aromatic N) is 4. The number of H-pyrrole nitrogens is 1. The van der Waals surface area contributed by atoms with Crippen LogP contribution in [0.5, 0.6) is 0 Å². The Morgan fingerprint density at radius 3 is 2.57 bits per heavy atom. The first kappa shape index (κ1) is 29.5. The molecule has 1 amide bonds. The zero-order valence-electron chi connectivity index (χ0n) is 23.5. The number of piperazine rings is 1. The molecule has 4 heterocycles. The van der Waals surface area contributed by atoms with Gasteiger partial charge in [0.1, 0.15) is 17.3 Å². The fourth-order valence-electron chi connectivity index (χ4n) is 5.30. The highest BCUT2D eigenvalue weighted by molar-refractivity contribution is 6.07. The van der Waals surface area contributed by atoms with Crippen LogP contribution in [0.15, 0.2) is 41.5 Å². The number of anilines is 3. The van der Waals surface area contributed by atoms with E-state index in [4.69, 9.17) is 4.74 Å². The highest BCUT2D eigenvalue weighted by Crippen LogP contribution is 2.39. The van der Waals surface area contributed by atoms with Gasteiger partial charge in [-0.15, -0.1) is 0 Å². The highest BCUT2D eigenvalue weighted by atomic mass is 19.3. The summed E-state index contributed by atoms with van der Waals surface area (Å²) in [5, 5.41) is 2.40. The molecule has 3 aromatic rings. The first-order chi connectivity index (χ1) is 20.0. The minimum atomic E-state index is -3.13. The number of nitrogens with one attached hydrogen (secondary N) is 2. The number of hydrogen-bond donors (Lipinski definition) is 2. The molecule has 224 valence electrons. The van der Waals surface area contributed by atoms with Gasteiger partial charge >= 0.3 is 0 Å². The van der Waals surface area contributed by atoms with Gasteiger partial charge in [0.2, 0.25) is 5.56 Å². The van der Waals surface area contributed by atoms with Crippen LogP contribution in [0.3, 0.4) is 0 Å². The minimum Gasteiger partial charge on any atom is -0.375 e. The van der Waals surface area contributed by atoms with Crippen molar-refractivity contribution in [2.75, 3.05) is 61.5 Å². The van der Waals surface area contributed by atoms with Crippen molar-refractivity contribution in [2.24, 2.45) is 0 Å². The van der Waals surface area contributed by atoms with E-state index in [-0.39, 0.29) is 29.1 Å². The molecule has 9 nitrogen and oxygen atoms in total. The minimum absolute atomic E-state index is 0.0131. The van der Waals surface area contributed by atoms with Crippen LogP contribution in [0.1, 0.15) is 36.2 Å². The van der Waals surface area contributed by atoms with Crippen molar-refractivity contribution in [1.29, 1.82) is 0 Å². The summed E-state index contributed by atoms with van der Waals surface area (Å²) in [6.45, 7) is 7.11. The van der Waals surface area contributed by atoms with Crippen LogP contribution in [0, 0.1) is 11.6 Å². The van der Waals surface area contributed by atoms with Crippen LogP contribution in [0.2, 0.25) is 0 Å². The Kier molecular flexibility index (Phi) is 8.50. The molecule has 13 heteroatoms. The summed E-state index contributed by atoms with van der Waals surface area (Å²) in [6.07, 6.45) is -0.900. The lowest BCUT2D eigenvalue weighted by Gasteiger charge is -2.39. The van der Waals surface area contributed by atoms with Crippen molar-refractivity contribution in [1.82, 2.24) is 14.9 Å². The fraction of sp³-hybridized carbons (Fsp3) is 0.414. The second-order valence-corrected chi connectivity index (χ2v) is 10.7. The molecule has 0 aliphatic carbocycles. The van der Waals surface area contributed by atoms with E-state index in [9.17, 15) is 18.4 Å². The molecule has 5 rings (SSSR count). The number of aromatic amines is 1. The maximum absolute atomic E-state index is 16.4. The summed E-state index contributed by atoms with van der Waals surface area (Å²) >= 11 is 0. The van der Waals surface area contributed by atoms with Gasteiger partial charge in [0.05, 0.1) is 29.5 Å². The van der Waals surface area contributed by atoms with Crippen molar-refractivity contribution < 1.29 is 27.1 Å². The van der Waals surface area contributed by atoms with Crippen LogP contribution >= 0.6 is 0 Å². The molecule has 2 saturated heterocycles. The molecule has 0 radical (unpaired) electrons. The summed E-state index contributed by atoms with van der Waals surface area (Å²) in [4.78, 5) is 37.4. The third-order valence-electron chi connectivity index (χ3n) is 7.77. The monoisotopic (exact) mass is 588 g/mol. The van der Waals surface area contributed by atoms with E-state index in [0.29, 0.717) is 51.2 Å². The normalized spacial score (nSPS) is 19.8. The lowest BCUT2D eigenvalue weighted by Crippen LogP contribution is -2.50. The topological polar surface area (TPSA) is 93.8 Å². The molecule has 0 unspecified atom stereocenters. The van der Waals surface area contributed by atoms with Gasteiger partial charge in [-0.3, -0.25) is 9.59 Å². The van der Waals surface area contributed by atoms with Crippen molar-refractivity contribution in [3.05, 3.63) is 69.8 Å². The smallest absolute Gasteiger partial charge is 0.264 e. The number of halogens is 4. The third kappa shape index (κ3) is 5.97. The molecule has 0 bridgehead atoms. The summed E-state index contributed by atoms with van der Waals surface area (Å²) in [7, 11) is 1.94. The molecular formula is C29H32F4N6O3. The number of pyridine rings is 2. The Balaban J connectivity index is 1.56. The number of likely N-dealkylation sites (N-methyl/N-ethyl adjacent to an activating group) is 1. The van der Waals surface area contributed by atoms with E-state index >= 15 is 8.78 Å². The van der Waals surface area contributed by atoms with Crippen LogP contribution in [0.25, 0.3) is 11.1 Å². The molecular weight excluding hydrogens is 556 g/mol. The zero-order valence-corrected chi connectivity index (χ0v) is 23.5.